The Bertz CT molecular complexity index is 1320. The van der Waals surface area contributed by atoms with Crippen molar-refractivity contribution < 1.29 is 9.53 Å². The maximum Gasteiger partial charge on any atom is 0.287 e. The summed E-state index contributed by atoms with van der Waals surface area (Å²) in [6.45, 7) is 2.75. The lowest BCUT2D eigenvalue weighted by Crippen LogP contribution is -2.51. The molecule has 1 aliphatic heterocycles. The summed E-state index contributed by atoms with van der Waals surface area (Å²) in [5.41, 5.74) is 1.41. The Hall–Kier alpha value is -3.26. The number of fused-ring (bicyclic) bond motifs is 2. The molecule has 0 radical (unpaired) electrons. The highest BCUT2D eigenvalue weighted by Crippen LogP contribution is 2.49. The first kappa shape index (κ1) is 24.1. The standard InChI is InChI=1S/C29H32N4O3S/c1-36-23-9-11-24(12-10-23)37-27-26(19-30-33(29(27)35)22-5-3-2-4-6-22)31-13-15-32(16-14-31)28(34)25-18-20-7-8-21(25)17-20/h2-6,9-12,19-21,25H,7-8,13-18H2,1H3/t20-,21+,25?/m1/s1. The van der Waals surface area contributed by atoms with Gasteiger partial charge in [-0.3, -0.25) is 9.59 Å². The molecule has 1 aromatic heterocycles. The molecule has 2 aliphatic carbocycles. The number of rotatable bonds is 6. The van der Waals surface area contributed by atoms with E-state index >= 15 is 0 Å². The van der Waals surface area contributed by atoms with Gasteiger partial charge in [-0.25, -0.2) is 0 Å². The average molecular weight is 517 g/mol. The number of amides is 1. The Balaban J connectivity index is 1.25. The van der Waals surface area contributed by atoms with E-state index in [2.05, 4.69) is 14.9 Å². The average Bonchev–Trinajstić information content (AvgIpc) is 3.59. The topological polar surface area (TPSA) is 67.7 Å². The molecule has 7 nitrogen and oxygen atoms in total. The van der Waals surface area contributed by atoms with Crippen molar-refractivity contribution >= 4 is 23.4 Å². The monoisotopic (exact) mass is 516 g/mol. The highest BCUT2D eigenvalue weighted by molar-refractivity contribution is 7.99. The molecular formula is C29H32N4O3S. The van der Waals surface area contributed by atoms with E-state index in [1.54, 1.807) is 13.3 Å². The fourth-order valence-corrected chi connectivity index (χ4v) is 7.18. The highest BCUT2D eigenvalue weighted by atomic mass is 32.2. The molecule has 37 heavy (non-hydrogen) atoms. The summed E-state index contributed by atoms with van der Waals surface area (Å²) < 4.78 is 6.76. The van der Waals surface area contributed by atoms with E-state index in [0.29, 0.717) is 42.9 Å². The fraction of sp³-hybridized carbons (Fsp3) is 0.414. The molecule has 3 atom stereocenters. The largest absolute Gasteiger partial charge is 0.497 e. The van der Waals surface area contributed by atoms with Crippen LogP contribution in [0.3, 0.4) is 0 Å². The predicted octanol–water partition coefficient (Wildman–Crippen LogP) is 4.48. The number of carbonyl (C=O) groups is 1. The number of aromatic nitrogens is 2. The number of benzene rings is 2. The van der Waals surface area contributed by atoms with Crippen LogP contribution >= 0.6 is 11.8 Å². The molecule has 1 amide bonds. The van der Waals surface area contributed by atoms with Gasteiger partial charge in [-0.2, -0.15) is 9.78 Å². The number of nitrogens with zero attached hydrogens (tertiary/aromatic N) is 4. The number of hydrogen-bond donors (Lipinski definition) is 0. The van der Waals surface area contributed by atoms with Crippen molar-refractivity contribution in [3.8, 4) is 11.4 Å². The molecular weight excluding hydrogens is 484 g/mol. The zero-order chi connectivity index (χ0) is 25.4. The van der Waals surface area contributed by atoms with Gasteiger partial charge in [-0.15, -0.1) is 0 Å². The van der Waals surface area contributed by atoms with Gasteiger partial charge in [0.1, 0.15) is 10.6 Å². The lowest BCUT2D eigenvalue weighted by molar-refractivity contribution is -0.137. The summed E-state index contributed by atoms with van der Waals surface area (Å²) >= 11 is 1.45. The van der Waals surface area contributed by atoms with E-state index in [4.69, 9.17) is 4.74 Å². The Morgan fingerprint density at radius 1 is 0.973 bits per heavy atom. The van der Waals surface area contributed by atoms with Gasteiger partial charge in [0.2, 0.25) is 5.91 Å². The van der Waals surface area contributed by atoms with Gasteiger partial charge in [0.05, 0.1) is 24.7 Å². The maximum atomic E-state index is 13.7. The SMILES string of the molecule is COc1ccc(Sc2c(N3CCN(C(=O)C4C[C@@H]5CC[C@H]4C5)CC3)cnn(-c3ccccc3)c2=O)cc1. The maximum absolute atomic E-state index is 13.7. The quantitative estimate of drug-likeness (QED) is 0.481. The van der Waals surface area contributed by atoms with E-state index in [1.807, 2.05) is 54.6 Å². The second-order valence-corrected chi connectivity index (χ2v) is 11.4. The third-order valence-electron chi connectivity index (χ3n) is 8.18. The molecule has 2 bridgehead atoms. The first-order valence-electron chi connectivity index (χ1n) is 13.1. The lowest BCUT2D eigenvalue weighted by Gasteiger charge is -2.38. The van der Waals surface area contributed by atoms with Crippen LogP contribution in [0.4, 0.5) is 5.69 Å². The van der Waals surface area contributed by atoms with Gasteiger partial charge in [0.15, 0.2) is 0 Å². The molecule has 6 rings (SSSR count). The molecule has 2 aromatic carbocycles. The fourth-order valence-electron chi connectivity index (χ4n) is 6.21. The summed E-state index contributed by atoms with van der Waals surface area (Å²) in [5, 5.41) is 4.54. The van der Waals surface area contributed by atoms with Crippen LogP contribution in [0, 0.1) is 17.8 Å². The summed E-state index contributed by atoms with van der Waals surface area (Å²) in [4.78, 5) is 32.9. The van der Waals surface area contributed by atoms with Crippen LogP contribution in [0.15, 0.2) is 75.4 Å². The Morgan fingerprint density at radius 3 is 2.38 bits per heavy atom. The number of methoxy groups -OCH3 is 1. The number of anilines is 1. The molecule has 1 unspecified atom stereocenters. The zero-order valence-corrected chi connectivity index (χ0v) is 21.9. The Labute approximate surface area is 221 Å². The van der Waals surface area contributed by atoms with Gasteiger partial charge in [-0.05, 0) is 67.5 Å². The molecule has 8 heteroatoms. The van der Waals surface area contributed by atoms with Crippen LogP contribution in [0.25, 0.3) is 5.69 Å². The number of carbonyl (C=O) groups excluding carboxylic acids is 1. The second kappa shape index (κ2) is 10.2. The van der Waals surface area contributed by atoms with E-state index in [9.17, 15) is 9.59 Å². The molecule has 1 saturated heterocycles. The number of piperazine rings is 1. The van der Waals surface area contributed by atoms with Crippen molar-refractivity contribution in [2.75, 3.05) is 38.2 Å². The molecule has 0 spiro atoms. The minimum absolute atomic E-state index is 0.148. The Morgan fingerprint density at radius 2 is 1.73 bits per heavy atom. The smallest absolute Gasteiger partial charge is 0.287 e. The predicted molar refractivity (Wildman–Crippen MR) is 145 cm³/mol. The van der Waals surface area contributed by atoms with Crippen molar-refractivity contribution in [2.45, 2.75) is 35.5 Å². The van der Waals surface area contributed by atoms with Crippen LogP contribution in [-0.4, -0.2) is 53.9 Å². The summed E-state index contributed by atoms with van der Waals surface area (Å²) in [6, 6.07) is 17.2. The summed E-state index contributed by atoms with van der Waals surface area (Å²) in [6.07, 6.45) is 6.64. The van der Waals surface area contributed by atoms with Crippen LogP contribution in [0.2, 0.25) is 0 Å². The van der Waals surface area contributed by atoms with Gasteiger partial charge < -0.3 is 14.5 Å². The summed E-state index contributed by atoms with van der Waals surface area (Å²) in [5.74, 6) is 2.70. The molecule has 3 aromatic rings. The number of ether oxygens (including phenoxy) is 1. The van der Waals surface area contributed by atoms with E-state index in [1.165, 1.54) is 35.7 Å². The Kier molecular flexibility index (Phi) is 6.67. The van der Waals surface area contributed by atoms with Crippen molar-refractivity contribution in [1.29, 1.82) is 0 Å². The van der Waals surface area contributed by atoms with Crippen molar-refractivity contribution in [3.05, 3.63) is 71.1 Å². The first-order valence-corrected chi connectivity index (χ1v) is 14.0. The van der Waals surface area contributed by atoms with Gasteiger partial charge in [0.25, 0.3) is 5.56 Å². The normalized spacial score (nSPS) is 22.9. The molecule has 3 fully saturated rings. The van der Waals surface area contributed by atoms with Gasteiger partial charge in [0, 0.05) is 37.0 Å². The molecule has 192 valence electrons. The minimum atomic E-state index is -0.148. The van der Waals surface area contributed by atoms with Crippen molar-refractivity contribution in [1.82, 2.24) is 14.7 Å². The zero-order valence-electron chi connectivity index (χ0n) is 21.1. The van der Waals surface area contributed by atoms with E-state index in [0.717, 1.165) is 34.4 Å². The van der Waals surface area contributed by atoms with E-state index in [-0.39, 0.29) is 11.5 Å². The van der Waals surface area contributed by atoms with Crippen LogP contribution < -0.4 is 15.2 Å². The second-order valence-electron chi connectivity index (χ2n) is 10.3. The van der Waals surface area contributed by atoms with Crippen LogP contribution in [-0.2, 0) is 4.79 Å². The van der Waals surface area contributed by atoms with Crippen molar-refractivity contribution in [3.63, 3.8) is 0 Å². The first-order chi connectivity index (χ1) is 18.1. The molecule has 0 N–H and O–H groups in total. The van der Waals surface area contributed by atoms with E-state index < -0.39 is 0 Å². The van der Waals surface area contributed by atoms with Crippen molar-refractivity contribution in [2.24, 2.45) is 17.8 Å². The highest BCUT2D eigenvalue weighted by Gasteiger charge is 2.44. The molecule has 2 heterocycles. The number of para-hydroxylation sites is 1. The lowest BCUT2D eigenvalue weighted by atomic mass is 9.87. The summed E-state index contributed by atoms with van der Waals surface area (Å²) in [7, 11) is 1.64. The van der Waals surface area contributed by atoms with Crippen LogP contribution in [0.5, 0.6) is 5.75 Å². The third kappa shape index (κ3) is 4.75. The molecule has 2 saturated carbocycles. The number of hydrogen-bond acceptors (Lipinski definition) is 6. The van der Waals surface area contributed by atoms with Gasteiger partial charge >= 0.3 is 0 Å². The molecule has 3 aliphatic rings. The van der Waals surface area contributed by atoms with Crippen LogP contribution in [0.1, 0.15) is 25.7 Å². The third-order valence-corrected chi connectivity index (χ3v) is 9.28. The van der Waals surface area contributed by atoms with Gasteiger partial charge in [-0.1, -0.05) is 36.4 Å². The minimum Gasteiger partial charge on any atom is -0.497 e.